The zero-order valence-electron chi connectivity index (χ0n) is 14.2. The number of rotatable bonds is 7. The van der Waals surface area contributed by atoms with Crippen LogP contribution in [0.3, 0.4) is 0 Å². The number of unbranched alkanes of at least 4 members (excludes halogenated alkanes) is 1. The van der Waals surface area contributed by atoms with Crippen molar-refractivity contribution in [3.8, 4) is 0 Å². The summed E-state index contributed by atoms with van der Waals surface area (Å²) in [5.41, 5.74) is 5.04. The van der Waals surface area contributed by atoms with Crippen LogP contribution in [-0.2, 0) is 16.6 Å². The second-order valence-electron chi connectivity index (χ2n) is 5.70. The molecule has 3 N–H and O–H groups in total. The van der Waals surface area contributed by atoms with E-state index in [2.05, 4.69) is 4.98 Å². The van der Waals surface area contributed by atoms with Gasteiger partial charge in [0.2, 0.25) is 10.0 Å². The van der Waals surface area contributed by atoms with Gasteiger partial charge in [-0.25, -0.2) is 13.2 Å². The number of nitrogen functional groups attached to an aromatic ring is 1. The molecule has 1 heterocycles. The molecule has 1 aromatic carbocycles. The zero-order valence-corrected chi connectivity index (χ0v) is 15.0. The predicted molar refractivity (Wildman–Crippen MR) is 98.4 cm³/mol. The number of aromatic nitrogens is 2. The summed E-state index contributed by atoms with van der Waals surface area (Å²) in [7, 11) is -2.44. The molecule has 136 valence electrons. The van der Waals surface area contributed by atoms with Gasteiger partial charge in [0.05, 0.1) is 12.3 Å². The van der Waals surface area contributed by atoms with Crippen molar-refractivity contribution in [3.05, 3.63) is 56.7 Å². The van der Waals surface area contributed by atoms with Crippen LogP contribution in [0.5, 0.6) is 0 Å². The van der Waals surface area contributed by atoms with Crippen molar-refractivity contribution in [2.24, 2.45) is 0 Å². The maximum absolute atomic E-state index is 12.4. The third-order valence-corrected chi connectivity index (χ3v) is 5.71. The van der Waals surface area contributed by atoms with Gasteiger partial charge in [0.15, 0.2) is 5.69 Å². The highest BCUT2D eigenvalue weighted by molar-refractivity contribution is 7.92. The second-order valence-corrected chi connectivity index (χ2v) is 7.82. The summed E-state index contributed by atoms with van der Waals surface area (Å²) >= 11 is 0. The topological polar surface area (TPSA) is 118 Å². The van der Waals surface area contributed by atoms with E-state index in [1.54, 1.807) is 12.1 Å². The van der Waals surface area contributed by atoms with Gasteiger partial charge >= 0.3 is 5.69 Å². The molecule has 9 heteroatoms. The number of nitrogens with one attached hydrogen (secondary N) is 1. The summed E-state index contributed by atoms with van der Waals surface area (Å²) in [6, 6.07) is 9.06. The molecule has 1 aromatic heterocycles. The Balaban J connectivity index is 2.51. The molecule has 0 saturated carbocycles. The molecule has 0 fully saturated rings. The van der Waals surface area contributed by atoms with Gasteiger partial charge in [-0.05, 0) is 12.0 Å². The minimum absolute atomic E-state index is 0.101. The van der Waals surface area contributed by atoms with Crippen LogP contribution in [0.1, 0.15) is 25.3 Å². The number of hydrogen-bond acceptors (Lipinski definition) is 5. The minimum Gasteiger partial charge on any atom is -0.383 e. The lowest BCUT2D eigenvalue weighted by Crippen LogP contribution is -2.40. The molecule has 0 amide bonds. The van der Waals surface area contributed by atoms with E-state index < -0.39 is 21.3 Å². The third-order valence-electron chi connectivity index (χ3n) is 3.89. The van der Waals surface area contributed by atoms with Gasteiger partial charge in [-0.15, -0.1) is 0 Å². The lowest BCUT2D eigenvalue weighted by molar-refractivity contribution is 0.590. The highest BCUT2D eigenvalue weighted by Gasteiger charge is 2.25. The van der Waals surface area contributed by atoms with Crippen LogP contribution in [0.15, 0.2) is 39.9 Å². The quantitative estimate of drug-likeness (QED) is 0.749. The number of anilines is 2. The van der Waals surface area contributed by atoms with Crippen molar-refractivity contribution >= 4 is 21.5 Å². The Hall–Kier alpha value is -2.55. The predicted octanol–water partition coefficient (Wildman–Crippen LogP) is 0.733. The minimum atomic E-state index is -3.70. The van der Waals surface area contributed by atoms with Gasteiger partial charge in [-0.2, -0.15) is 0 Å². The fourth-order valence-electron chi connectivity index (χ4n) is 2.41. The van der Waals surface area contributed by atoms with Crippen LogP contribution in [-0.4, -0.2) is 30.8 Å². The zero-order chi connectivity index (χ0) is 18.6. The van der Waals surface area contributed by atoms with Gasteiger partial charge < -0.3 is 5.73 Å². The summed E-state index contributed by atoms with van der Waals surface area (Å²) in [6.45, 7) is 1.99. The lowest BCUT2D eigenvalue weighted by Gasteiger charge is -2.21. The van der Waals surface area contributed by atoms with Crippen molar-refractivity contribution < 1.29 is 8.42 Å². The summed E-state index contributed by atoms with van der Waals surface area (Å²) < 4.78 is 26.8. The number of hydrogen-bond donors (Lipinski definition) is 2. The summed E-state index contributed by atoms with van der Waals surface area (Å²) in [5.74, 6) is -0.281. The number of aromatic amines is 1. The van der Waals surface area contributed by atoms with Gasteiger partial charge in [-0.1, -0.05) is 43.7 Å². The second kappa shape index (κ2) is 7.56. The molecular formula is C16H22N4O4S. The first-order chi connectivity index (χ1) is 11.8. The Morgan fingerprint density at radius 2 is 1.84 bits per heavy atom. The Morgan fingerprint density at radius 3 is 2.44 bits per heavy atom. The van der Waals surface area contributed by atoms with Crippen molar-refractivity contribution in [1.82, 2.24) is 9.55 Å². The molecule has 8 nitrogen and oxygen atoms in total. The van der Waals surface area contributed by atoms with Gasteiger partial charge in [-0.3, -0.25) is 18.7 Å². The normalized spacial score (nSPS) is 11.4. The molecule has 0 spiro atoms. The van der Waals surface area contributed by atoms with Gasteiger partial charge in [0.1, 0.15) is 5.82 Å². The van der Waals surface area contributed by atoms with Crippen LogP contribution in [0, 0.1) is 0 Å². The molecule has 25 heavy (non-hydrogen) atoms. The summed E-state index contributed by atoms with van der Waals surface area (Å²) in [4.78, 5) is 26.4. The van der Waals surface area contributed by atoms with E-state index in [0.29, 0.717) is 12.8 Å². The molecule has 2 rings (SSSR count). The Labute approximate surface area is 146 Å². The first-order valence-electron chi connectivity index (χ1n) is 7.91. The van der Waals surface area contributed by atoms with Crippen LogP contribution in [0.25, 0.3) is 0 Å². The number of benzene rings is 1. The maximum Gasteiger partial charge on any atom is 0.330 e. The fraction of sp³-hybridized carbons (Fsp3) is 0.375. The number of nitrogens with zero attached hydrogens (tertiary/aromatic N) is 2. The van der Waals surface area contributed by atoms with Crippen LogP contribution in [0.4, 0.5) is 11.5 Å². The Kier molecular flexibility index (Phi) is 5.68. The highest BCUT2D eigenvalue weighted by atomic mass is 32.2. The van der Waals surface area contributed by atoms with E-state index in [4.69, 9.17) is 5.73 Å². The summed E-state index contributed by atoms with van der Waals surface area (Å²) in [5, 5.41) is 0. The van der Waals surface area contributed by atoms with Crippen molar-refractivity contribution in [2.45, 2.75) is 26.3 Å². The molecular weight excluding hydrogens is 344 g/mol. The van der Waals surface area contributed by atoms with Crippen molar-refractivity contribution in [3.63, 3.8) is 0 Å². The molecule has 0 aliphatic heterocycles. The van der Waals surface area contributed by atoms with E-state index in [0.717, 1.165) is 14.4 Å². The lowest BCUT2D eigenvalue weighted by atomic mass is 10.2. The van der Waals surface area contributed by atoms with Gasteiger partial charge in [0, 0.05) is 7.05 Å². The highest BCUT2D eigenvalue weighted by Crippen LogP contribution is 2.19. The SMILES string of the molecule is CCCCS(=O)(=O)N(C)c1c(N)n(Cc2ccccc2)c(=O)[nH]c1=O. The third kappa shape index (κ3) is 4.11. The average Bonchev–Trinajstić information content (AvgIpc) is 2.57. The molecule has 0 unspecified atom stereocenters. The Bertz CT molecular complexity index is 948. The number of nitrogens with two attached hydrogens (primary N) is 1. The molecule has 0 atom stereocenters. The van der Waals surface area contributed by atoms with Crippen LogP contribution >= 0.6 is 0 Å². The number of sulfonamides is 1. The smallest absolute Gasteiger partial charge is 0.330 e. The monoisotopic (exact) mass is 366 g/mol. The molecule has 0 bridgehead atoms. The molecule has 0 radical (unpaired) electrons. The maximum atomic E-state index is 12.4. The van der Waals surface area contributed by atoms with E-state index in [1.807, 2.05) is 25.1 Å². The van der Waals surface area contributed by atoms with E-state index in [-0.39, 0.29) is 23.8 Å². The Morgan fingerprint density at radius 1 is 1.20 bits per heavy atom. The molecule has 0 aliphatic rings. The average molecular weight is 366 g/mol. The van der Waals surface area contributed by atoms with Gasteiger partial charge in [0.25, 0.3) is 5.56 Å². The van der Waals surface area contributed by atoms with Crippen LogP contribution in [0.2, 0.25) is 0 Å². The van der Waals surface area contributed by atoms with E-state index in [9.17, 15) is 18.0 Å². The first-order valence-corrected chi connectivity index (χ1v) is 9.52. The van der Waals surface area contributed by atoms with E-state index >= 15 is 0 Å². The van der Waals surface area contributed by atoms with E-state index in [1.165, 1.54) is 7.05 Å². The van der Waals surface area contributed by atoms with Crippen molar-refractivity contribution in [1.29, 1.82) is 0 Å². The standard InChI is InChI=1S/C16H22N4O4S/c1-3-4-10-25(23,24)19(2)13-14(17)20(16(22)18-15(13)21)11-12-8-6-5-7-9-12/h5-9H,3-4,10-11,17H2,1-2H3,(H,18,21,22). The molecule has 0 saturated heterocycles. The molecule has 2 aromatic rings. The number of H-pyrrole nitrogens is 1. The van der Waals surface area contributed by atoms with Crippen molar-refractivity contribution in [2.75, 3.05) is 22.8 Å². The largest absolute Gasteiger partial charge is 0.383 e. The summed E-state index contributed by atoms with van der Waals surface area (Å²) in [6.07, 6.45) is 1.17. The van der Waals surface area contributed by atoms with Crippen LogP contribution < -0.4 is 21.3 Å². The first kappa shape index (κ1) is 18.8. The molecule has 0 aliphatic carbocycles. The fourth-order valence-corrected chi connectivity index (χ4v) is 3.79.